The normalized spacial score (nSPS) is 20.1. The van der Waals surface area contributed by atoms with Crippen molar-refractivity contribution in [2.75, 3.05) is 5.32 Å². The Balaban J connectivity index is 1.73. The molecule has 0 radical (unpaired) electrons. The van der Waals surface area contributed by atoms with Crippen LogP contribution in [0, 0.1) is 5.82 Å². The van der Waals surface area contributed by atoms with Crippen LogP contribution in [0.4, 0.5) is 9.39 Å². The molecule has 1 aliphatic carbocycles. The zero-order chi connectivity index (χ0) is 13.7. The quantitative estimate of drug-likeness (QED) is 0.846. The van der Waals surface area contributed by atoms with Crippen LogP contribution in [0.1, 0.15) is 38.9 Å². The Labute approximate surface area is 119 Å². The molecule has 1 unspecified atom stereocenters. The molecule has 5 heteroatoms. The van der Waals surface area contributed by atoms with Gasteiger partial charge >= 0.3 is 0 Å². The maximum Gasteiger partial charge on any atom is 0.256 e. The van der Waals surface area contributed by atoms with Gasteiger partial charge in [0.15, 0.2) is 0 Å². The minimum absolute atomic E-state index is 0.0487. The summed E-state index contributed by atoms with van der Waals surface area (Å²) < 4.78 is 13.3. The number of nitrogens with one attached hydrogen (secondary N) is 2. The molecule has 1 aliphatic heterocycles. The SMILES string of the molecule is O=C1NC(c2cccc(F)c2)Nc2sc3c(c21)CCC3. The van der Waals surface area contributed by atoms with Crippen molar-refractivity contribution in [3.05, 3.63) is 51.7 Å². The molecule has 3 nitrogen and oxygen atoms in total. The number of benzene rings is 1. The van der Waals surface area contributed by atoms with Crippen molar-refractivity contribution in [1.29, 1.82) is 0 Å². The van der Waals surface area contributed by atoms with Gasteiger partial charge in [0.25, 0.3) is 5.91 Å². The van der Waals surface area contributed by atoms with Crippen LogP contribution in [-0.4, -0.2) is 5.91 Å². The predicted molar refractivity (Wildman–Crippen MR) is 76.6 cm³/mol. The van der Waals surface area contributed by atoms with E-state index in [0.29, 0.717) is 0 Å². The summed E-state index contributed by atoms with van der Waals surface area (Å²) in [6.07, 6.45) is 2.83. The molecule has 1 amide bonds. The molecule has 0 bridgehead atoms. The molecule has 0 saturated heterocycles. The predicted octanol–water partition coefficient (Wildman–Crippen LogP) is 3.23. The Morgan fingerprint density at radius 2 is 2.15 bits per heavy atom. The molecule has 1 atom stereocenters. The first-order chi connectivity index (χ1) is 9.72. The van der Waals surface area contributed by atoms with E-state index in [9.17, 15) is 9.18 Å². The van der Waals surface area contributed by atoms with Crippen molar-refractivity contribution >= 4 is 22.2 Å². The van der Waals surface area contributed by atoms with Gasteiger partial charge in [0.05, 0.1) is 5.56 Å². The van der Waals surface area contributed by atoms with Gasteiger partial charge in [0, 0.05) is 4.88 Å². The third-order valence-electron chi connectivity index (χ3n) is 3.88. The van der Waals surface area contributed by atoms with E-state index in [1.807, 2.05) is 6.07 Å². The highest BCUT2D eigenvalue weighted by atomic mass is 32.1. The Hall–Kier alpha value is -1.88. The van der Waals surface area contributed by atoms with Gasteiger partial charge in [-0.3, -0.25) is 4.79 Å². The van der Waals surface area contributed by atoms with E-state index in [4.69, 9.17) is 0 Å². The number of thiophene rings is 1. The first kappa shape index (κ1) is 11.9. The zero-order valence-electron chi connectivity index (χ0n) is 10.7. The highest BCUT2D eigenvalue weighted by Gasteiger charge is 2.32. The smallest absolute Gasteiger partial charge is 0.256 e. The van der Waals surface area contributed by atoms with Crippen LogP contribution in [0.2, 0.25) is 0 Å². The highest BCUT2D eigenvalue weighted by molar-refractivity contribution is 7.16. The number of aryl methyl sites for hydroxylation is 1. The monoisotopic (exact) mass is 288 g/mol. The number of anilines is 1. The van der Waals surface area contributed by atoms with Gasteiger partial charge in [-0.05, 0) is 42.5 Å². The third kappa shape index (κ3) is 1.73. The standard InChI is InChI=1S/C15H13FN2OS/c16-9-4-1-3-8(7-9)13-17-14(19)12-10-5-2-6-11(10)20-15(12)18-13/h1,3-4,7,13,18H,2,5-6H2,(H,17,19). The van der Waals surface area contributed by atoms with Crippen molar-refractivity contribution in [3.63, 3.8) is 0 Å². The van der Waals surface area contributed by atoms with E-state index in [1.54, 1.807) is 17.4 Å². The Morgan fingerprint density at radius 1 is 1.25 bits per heavy atom. The molecule has 0 fully saturated rings. The highest BCUT2D eigenvalue weighted by Crippen LogP contribution is 2.42. The molecule has 2 N–H and O–H groups in total. The van der Waals surface area contributed by atoms with Crippen LogP contribution in [0.3, 0.4) is 0 Å². The first-order valence-corrected chi connectivity index (χ1v) is 7.51. The zero-order valence-corrected chi connectivity index (χ0v) is 11.5. The average Bonchev–Trinajstić information content (AvgIpc) is 2.98. The topological polar surface area (TPSA) is 41.1 Å². The number of rotatable bonds is 1. The molecule has 2 aromatic rings. The van der Waals surface area contributed by atoms with Crippen LogP contribution < -0.4 is 10.6 Å². The van der Waals surface area contributed by atoms with Crippen molar-refractivity contribution in [1.82, 2.24) is 5.32 Å². The van der Waals surface area contributed by atoms with E-state index in [-0.39, 0.29) is 17.9 Å². The van der Waals surface area contributed by atoms with E-state index in [0.717, 1.165) is 35.4 Å². The second-order valence-corrected chi connectivity index (χ2v) is 6.27. The molecule has 2 heterocycles. The maximum atomic E-state index is 13.3. The van der Waals surface area contributed by atoms with Crippen molar-refractivity contribution in [2.45, 2.75) is 25.4 Å². The second kappa shape index (κ2) is 4.31. The lowest BCUT2D eigenvalue weighted by molar-refractivity contribution is 0.0935. The number of amides is 1. The lowest BCUT2D eigenvalue weighted by Crippen LogP contribution is -2.38. The van der Waals surface area contributed by atoms with Crippen LogP contribution in [-0.2, 0) is 12.8 Å². The van der Waals surface area contributed by atoms with E-state index < -0.39 is 0 Å². The van der Waals surface area contributed by atoms with Gasteiger partial charge in [-0.15, -0.1) is 11.3 Å². The molecule has 4 rings (SSSR count). The molecular formula is C15H13FN2OS. The molecule has 0 saturated carbocycles. The van der Waals surface area contributed by atoms with Crippen LogP contribution >= 0.6 is 11.3 Å². The Kier molecular flexibility index (Phi) is 2.57. The van der Waals surface area contributed by atoms with Gasteiger partial charge in [0.1, 0.15) is 17.0 Å². The van der Waals surface area contributed by atoms with Gasteiger partial charge in [0.2, 0.25) is 0 Å². The summed E-state index contributed by atoms with van der Waals surface area (Å²) in [7, 11) is 0. The van der Waals surface area contributed by atoms with Crippen LogP contribution in [0.15, 0.2) is 24.3 Å². The van der Waals surface area contributed by atoms with Gasteiger partial charge in [-0.2, -0.15) is 0 Å². The van der Waals surface area contributed by atoms with Crippen molar-refractivity contribution in [3.8, 4) is 0 Å². The average molecular weight is 288 g/mol. The fourth-order valence-corrected chi connectivity index (χ4v) is 4.28. The Bertz CT molecular complexity index is 710. The van der Waals surface area contributed by atoms with Gasteiger partial charge in [-0.1, -0.05) is 12.1 Å². The minimum Gasteiger partial charge on any atom is -0.353 e. The lowest BCUT2D eigenvalue weighted by atomic mass is 10.1. The fraction of sp³-hybridized carbons (Fsp3) is 0.267. The summed E-state index contributed by atoms with van der Waals surface area (Å²) in [5.74, 6) is -0.342. The van der Waals surface area contributed by atoms with Crippen LogP contribution in [0.5, 0.6) is 0 Å². The number of carbonyl (C=O) groups excluding carboxylic acids is 1. The summed E-state index contributed by atoms with van der Waals surface area (Å²) in [6, 6.07) is 6.32. The molecule has 20 heavy (non-hydrogen) atoms. The summed E-state index contributed by atoms with van der Waals surface area (Å²) in [5, 5.41) is 7.17. The first-order valence-electron chi connectivity index (χ1n) is 6.70. The number of hydrogen-bond donors (Lipinski definition) is 2. The molecule has 1 aromatic heterocycles. The van der Waals surface area contributed by atoms with Crippen LogP contribution in [0.25, 0.3) is 0 Å². The van der Waals surface area contributed by atoms with E-state index in [1.165, 1.54) is 22.6 Å². The second-order valence-electron chi connectivity index (χ2n) is 5.17. The molecule has 0 spiro atoms. The van der Waals surface area contributed by atoms with Gasteiger partial charge < -0.3 is 10.6 Å². The van der Waals surface area contributed by atoms with E-state index in [2.05, 4.69) is 10.6 Å². The molecule has 1 aromatic carbocycles. The fourth-order valence-electron chi connectivity index (χ4n) is 2.97. The summed E-state index contributed by atoms with van der Waals surface area (Å²) in [4.78, 5) is 13.7. The third-order valence-corrected chi connectivity index (χ3v) is 5.10. The number of halogens is 1. The number of carbonyl (C=O) groups is 1. The minimum atomic E-state index is -0.357. The largest absolute Gasteiger partial charge is 0.353 e. The van der Waals surface area contributed by atoms with Crippen molar-refractivity contribution in [2.24, 2.45) is 0 Å². The lowest BCUT2D eigenvalue weighted by Gasteiger charge is -2.26. The summed E-state index contributed by atoms with van der Waals surface area (Å²) >= 11 is 1.67. The molecule has 102 valence electrons. The van der Waals surface area contributed by atoms with Crippen molar-refractivity contribution < 1.29 is 9.18 Å². The van der Waals surface area contributed by atoms with Gasteiger partial charge in [-0.25, -0.2) is 4.39 Å². The van der Waals surface area contributed by atoms with E-state index >= 15 is 0 Å². The Morgan fingerprint density at radius 3 is 3.00 bits per heavy atom. The molecular weight excluding hydrogens is 275 g/mol. The number of hydrogen-bond acceptors (Lipinski definition) is 3. The number of fused-ring (bicyclic) bond motifs is 3. The summed E-state index contributed by atoms with van der Waals surface area (Å²) in [5.41, 5.74) is 2.74. The summed E-state index contributed by atoms with van der Waals surface area (Å²) in [6.45, 7) is 0. The maximum absolute atomic E-state index is 13.3. The molecule has 2 aliphatic rings.